The highest BCUT2D eigenvalue weighted by molar-refractivity contribution is 5.15. The molecule has 1 rings (SSSR count). The van der Waals surface area contributed by atoms with Gasteiger partial charge < -0.3 is 5.73 Å². The molecule has 2 unspecified atom stereocenters. The summed E-state index contributed by atoms with van der Waals surface area (Å²) in [5.74, 6) is -0.00540. The fourth-order valence-corrected chi connectivity index (χ4v) is 1.37. The molecule has 0 aliphatic heterocycles. The largest absolute Gasteiger partial charge is 0.320 e. The first-order valence-electron chi connectivity index (χ1n) is 4.89. The van der Waals surface area contributed by atoms with Crippen LogP contribution in [0.3, 0.4) is 0 Å². The summed E-state index contributed by atoms with van der Waals surface area (Å²) in [6, 6.07) is 3.05. The Balaban J connectivity index is 2.97. The molecule has 0 aromatic carbocycles. The van der Waals surface area contributed by atoms with Gasteiger partial charge in [-0.3, -0.25) is 4.98 Å². The van der Waals surface area contributed by atoms with Gasteiger partial charge in [0.15, 0.2) is 0 Å². The van der Waals surface area contributed by atoms with Crippen molar-refractivity contribution < 1.29 is 4.39 Å². The van der Waals surface area contributed by atoms with Crippen LogP contribution in [0.25, 0.3) is 0 Å². The normalized spacial score (nSPS) is 17.5. The van der Waals surface area contributed by atoms with Crippen molar-refractivity contribution in [1.82, 2.24) is 4.98 Å². The maximum Gasteiger partial charge on any atom is 0.141 e. The fraction of sp³-hybridized carbons (Fsp3) is 0.545. The van der Waals surface area contributed by atoms with Gasteiger partial charge in [0.05, 0.1) is 17.4 Å². The molecule has 1 aromatic heterocycles. The molecule has 0 bridgehead atoms. The monoisotopic (exact) mass is 196 g/mol. The van der Waals surface area contributed by atoms with Gasteiger partial charge in [-0.05, 0) is 25.0 Å². The molecule has 0 saturated carbocycles. The third kappa shape index (κ3) is 2.10. The molecule has 0 amide bonds. The van der Waals surface area contributed by atoms with E-state index in [-0.39, 0.29) is 5.82 Å². The average molecular weight is 196 g/mol. The van der Waals surface area contributed by atoms with E-state index >= 15 is 0 Å². The lowest BCUT2D eigenvalue weighted by Crippen LogP contribution is -2.40. The Hall–Kier alpha value is -0.960. The quantitative estimate of drug-likeness (QED) is 0.806. The van der Waals surface area contributed by atoms with Gasteiger partial charge in [0.1, 0.15) is 5.82 Å². The van der Waals surface area contributed by atoms with Crippen LogP contribution >= 0.6 is 0 Å². The molecule has 0 saturated heterocycles. The number of nitrogens with zero attached hydrogens (tertiary/aromatic N) is 1. The lowest BCUT2D eigenvalue weighted by Gasteiger charge is -2.30. The van der Waals surface area contributed by atoms with Crippen molar-refractivity contribution in [2.75, 3.05) is 0 Å². The predicted molar refractivity (Wildman–Crippen MR) is 55.2 cm³/mol. The van der Waals surface area contributed by atoms with Gasteiger partial charge in [-0.1, -0.05) is 20.3 Å². The maximum atomic E-state index is 12.7. The number of halogens is 1. The van der Waals surface area contributed by atoms with Crippen molar-refractivity contribution in [3.05, 3.63) is 29.8 Å². The topological polar surface area (TPSA) is 38.9 Å². The highest BCUT2D eigenvalue weighted by Gasteiger charge is 2.28. The summed E-state index contributed by atoms with van der Waals surface area (Å²) in [5.41, 5.74) is 6.42. The van der Waals surface area contributed by atoms with Gasteiger partial charge in [-0.2, -0.15) is 0 Å². The van der Waals surface area contributed by atoms with E-state index in [1.54, 1.807) is 6.07 Å². The van der Waals surface area contributed by atoms with Crippen molar-refractivity contribution >= 4 is 0 Å². The Morgan fingerprint density at radius 1 is 1.57 bits per heavy atom. The average Bonchev–Trinajstić information content (AvgIpc) is 2.17. The maximum absolute atomic E-state index is 12.7. The highest BCUT2D eigenvalue weighted by Crippen LogP contribution is 2.26. The van der Waals surface area contributed by atoms with Crippen molar-refractivity contribution in [3.63, 3.8) is 0 Å². The van der Waals surface area contributed by atoms with Crippen LogP contribution in [0.15, 0.2) is 18.3 Å². The van der Waals surface area contributed by atoms with Crippen LogP contribution in [0.2, 0.25) is 0 Å². The second kappa shape index (κ2) is 4.05. The van der Waals surface area contributed by atoms with Crippen molar-refractivity contribution in [1.29, 1.82) is 0 Å². The van der Waals surface area contributed by atoms with Crippen LogP contribution in [0.5, 0.6) is 0 Å². The number of hydrogen-bond acceptors (Lipinski definition) is 2. The second-order valence-corrected chi connectivity index (χ2v) is 3.95. The minimum absolute atomic E-state index is 0.320. The second-order valence-electron chi connectivity index (χ2n) is 3.95. The molecule has 0 radical (unpaired) electrons. The molecule has 3 heteroatoms. The van der Waals surface area contributed by atoms with Gasteiger partial charge in [0.2, 0.25) is 0 Å². The van der Waals surface area contributed by atoms with E-state index in [0.29, 0.717) is 5.92 Å². The number of hydrogen-bond donors (Lipinski definition) is 1. The first-order valence-corrected chi connectivity index (χ1v) is 4.89. The predicted octanol–water partition coefficient (Wildman–Crippen LogP) is 2.44. The molecular formula is C11H17FN2. The summed E-state index contributed by atoms with van der Waals surface area (Å²) in [7, 11) is 0. The molecule has 1 heterocycles. The smallest absolute Gasteiger partial charge is 0.141 e. The molecule has 0 aliphatic rings. The first-order chi connectivity index (χ1) is 6.48. The van der Waals surface area contributed by atoms with Crippen LogP contribution in [-0.2, 0) is 5.54 Å². The molecule has 14 heavy (non-hydrogen) atoms. The summed E-state index contributed by atoms with van der Waals surface area (Å²) < 4.78 is 12.7. The molecule has 2 nitrogen and oxygen atoms in total. The standard InChI is InChI=1S/C11H17FN2/c1-4-8(2)11(3,13)10-6-5-9(12)7-14-10/h5-8H,4,13H2,1-3H3. The van der Waals surface area contributed by atoms with E-state index in [2.05, 4.69) is 18.8 Å². The minimum atomic E-state index is -0.484. The van der Waals surface area contributed by atoms with Crippen molar-refractivity contribution in [3.8, 4) is 0 Å². The van der Waals surface area contributed by atoms with E-state index in [1.807, 2.05) is 6.92 Å². The zero-order valence-electron chi connectivity index (χ0n) is 8.92. The van der Waals surface area contributed by atoms with E-state index in [1.165, 1.54) is 12.3 Å². The molecule has 2 N–H and O–H groups in total. The molecular weight excluding hydrogens is 179 g/mol. The third-order valence-electron chi connectivity index (χ3n) is 2.92. The van der Waals surface area contributed by atoms with Gasteiger partial charge in [0.25, 0.3) is 0 Å². The van der Waals surface area contributed by atoms with Gasteiger partial charge >= 0.3 is 0 Å². The summed E-state index contributed by atoms with van der Waals surface area (Å²) in [6.07, 6.45) is 2.19. The molecule has 1 aromatic rings. The first kappa shape index (κ1) is 11.1. The summed E-state index contributed by atoms with van der Waals surface area (Å²) in [6.45, 7) is 6.09. The van der Waals surface area contributed by atoms with Crippen LogP contribution in [0.4, 0.5) is 4.39 Å². The Bertz CT molecular complexity index is 293. The minimum Gasteiger partial charge on any atom is -0.320 e. The number of rotatable bonds is 3. The van der Waals surface area contributed by atoms with Crippen LogP contribution < -0.4 is 5.73 Å². The van der Waals surface area contributed by atoms with Crippen molar-refractivity contribution in [2.24, 2.45) is 11.7 Å². The Labute approximate surface area is 84.3 Å². The Morgan fingerprint density at radius 2 is 2.21 bits per heavy atom. The van der Waals surface area contributed by atoms with E-state index < -0.39 is 5.54 Å². The molecule has 0 aliphatic carbocycles. The van der Waals surface area contributed by atoms with Crippen LogP contribution in [0.1, 0.15) is 32.9 Å². The highest BCUT2D eigenvalue weighted by atomic mass is 19.1. The summed E-state index contributed by atoms with van der Waals surface area (Å²) in [5, 5.41) is 0. The fourth-order valence-electron chi connectivity index (χ4n) is 1.37. The SMILES string of the molecule is CCC(C)C(C)(N)c1ccc(F)cn1. The lowest BCUT2D eigenvalue weighted by atomic mass is 9.83. The Kier molecular flexibility index (Phi) is 3.21. The summed E-state index contributed by atoms with van der Waals surface area (Å²) in [4.78, 5) is 4.02. The van der Waals surface area contributed by atoms with E-state index in [0.717, 1.165) is 12.1 Å². The summed E-state index contributed by atoms with van der Waals surface area (Å²) >= 11 is 0. The lowest BCUT2D eigenvalue weighted by molar-refractivity contribution is 0.307. The molecule has 2 atom stereocenters. The van der Waals surface area contributed by atoms with Crippen LogP contribution in [-0.4, -0.2) is 4.98 Å². The van der Waals surface area contributed by atoms with Gasteiger partial charge in [-0.15, -0.1) is 0 Å². The van der Waals surface area contributed by atoms with Crippen molar-refractivity contribution in [2.45, 2.75) is 32.7 Å². The number of nitrogens with two attached hydrogens (primary N) is 1. The number of pyridine rings is 1. The molecule has 0 fully saturated rings. The van der Waals surface area contributed by atoms with E-state index in [4.69, 9.17) is 5.73 Å². The van der Waals surface area contributed by atoms with E-state index in [9.17, 15) is 4.39 Å². The molecule has 78 valence electrons. The van der Waals surface area contributed by atoms with Gasteiger partial charge in [0, 0.05) is 0 Å². The third-order valence-corrected chi connectivity index (χ3v) is 2.92. The number of aromatic nitrogens is 1. The van der Waals surface area contributed by atoms with Crippen LogP contribution in [0, 0.1) is 11.7 Å². The molecule has 0 spiro atoms. The Morgan fingerprint density at radius 3 is 2.64 bits per heavy atom. The zero-order valence-corrected chi connectivity index (χ0v) is 8.92. The zero-order chi connectivity index (χ0) is 10.8. The van der Waals surface area contributed by atoms with Gasteiger partial charge in [-0.25, -0.2) is 4.39 Å².